The summed E-state index contributed by atoms with van der Waals surface area (Å²) < 4.78 is 57.3. The van der Waals surface area contributed by atoms with Crippen LogP contribution in [-0.2, 0) is 17.6 Å². The second-order valence-electron chi connectivity index (χ2n) is 6.26. The summed E-state index contributed by atoms with van der Waals surface area (Å²) in [6, 6.07) is 4.51. The minimum Gasteiger partial charge on any atom is -0.501 e. The van der Waals surface area contributed by atoms with E-state index >= 15 is 0 Å². The molecule has 0 radical (unpaired) electrons. The number of benzene rings is 1. The molecule has 10 heteroatoms. The van der Waals surface area contributed by atoms with Gasteiger partial charge in [0.15, 0.2) is 11.5 Å². The number of rotatable bonds is 4. The molecule has 152 valence electrons. The van der Waals surface area contributed by atoms with E-state index in [2.05, 4.69) is 16.9 Å². The van der Waals surface area contributed by atoms with Crippen molar-refractivity contribution in [1.29, 1.82) is 0 Å². The monoisotopic (exact) mass is 639 g/mol. The first-order chi connectivity index (χ1) is 13.8. The molecular formula is C20H12F3N2O4U-. The van der Waals surface area contributed by atoms with Crippen molar-refractivity contribution in [1.82, 2.24) is 10.3 Å². The van der Waals surface area contributed by atoms with Gasteiger partial charge in [-0.1, -0.05) is 29.0 Å². The number of allylic oxidation sites excluding steroid dienone is 3. The van der Waals surface area contributed by atoms with Crippen molar-refractivity contribution in [2.75, 3.05) is 0 Å². The van der Waals surface area contributed by atoms with Crippen molar-refractivity contribution < 1.29 is 62.9 Å². The first kappa shape index (κ1) is 22.1. The fourth-order valence-electron chi connectivity index (χ4n) is 3.12. The SMILES string of the molecule is C=C/C=C(\C)c1onc(-c2noc3c2COc2cc([C-]=O)ccc2-3)c1C(F)(F)F.[U]. The maximum absolute atomic E-state index is 13.8. The summed E-state index contributed by atoms with van der Waals surface area (Å²) in [6.45, 7) is 4.83. The molecule has 2 aromatic heterocycles. The molecule has 0 amide bonds. The number of alkyl halides is 3. The third-order valence-electron chi connectivity index (χ3n) is 4.43. The van der Waals surface area contributed by atoms with Crippen LogP contribution in [0.1, 0.15) is 29.4 Å². The Morgan fingerprint density at radius 3 is 2.63 bits per heavy atom. The minimum absolute atomic E-state index is 0. The second kappa shape index (κ2) is 8.28. The Morgan fingerprint density at radius 2 is 1.97 bits per heavy atom. The van der Waals surface area contributed by atoms with Gasteiger partial charge in [0.05, 0.1) is 17.6 Å². The Bertz CT molecular complexity index is 1160. The maximum Gasteiger partial charge on any atom is 0.422 e. The fourth-order valence-corrected chi connectivity index (χ4v) is 3.12. The van der Waals surface area contributed by atoms with E-state index in [9.17, 15) is 18.0 Å². The summed E-state index contributed by atoms with van der Waals surface area (Å²) in [5, 5.41) is 7.43. The van der Waals surface area contributed by atoms with Gasteiger partial charge in [-0.3, -0.25) is 0 Å². The molecule has 1 aliphatic rings. The molecule has 0 unspecified atom stereocenters. The number of hydrogen-bond acceptors (Lipinski definition) is 6. The zero-order valence-corrected chi connectivity index (χ0v) is 19.6. The summed E-state index contributed by atoms with van der Waals surface area (Å²) in [7, 11) is 0. The van der Waals surface area contributed by atoms with Crippen LogP contribution in [-0.4, -0.2) is 16.6 Å². The van der Waals surface area contributed by atoms with Gasteiger partial charge < -0.3 is 18.6 Å². The van der Waals surface area contributed by atoms with Crippen LogP contribution in [0.2, 0.25) is 0 Å². The number of hydrogen-bond donors (Lipinski definition) is 0. The van der Waals surface area contributed by atoms with Crippen molar-refractivity contribution in [3.8, 4) is 28.5 Å². The summed E-state index contributed by atoms with van der Waals surface area (Å²) >= 11 is 0. The molecule has 1 aromatic carbocycles. The molecule has 0 saturated heterocycles. The normalized spacial score (nSPS) is 13.0. The van der Waals surface area contributed by atoms with E-state index in [0.29, 0.717) is 16.9 Å². The van der Waals surface area contributed by atoms with E-state index in [1.54, 1.807) is 12.4 Å². The van der Waals surface area contributed by atoms with Crippen LogP contribution < -0.4 is 4.74 Å². The molecule has 0 bridgehead atoms. The smallest absolute Gasteiger partial charge is 0.422 e. The second-order valence-corrected chi connectivity index (χ2v) is 6.26. The van der Waals surface area contributed by atoms with Crippen LogP contribution in [0.5, 0.6) is 5.75 Å². The summed E-state index contributed by atoms with van der Waals surface area (Å²) in [4.78, 5) is 10.8. The van der Waals surface area contributed by atoms with Crippen molar-refractivity contribution in [2.45, 2.75) is 19.7 Å². The van der Waals surface area contributed by atoms with Gasteiger partial charge in [0.1, 0.15) is 23.6 Å². The molecule has 0 saturated carbocycles. The van der Waals surface area contributed by atoms with Gasteiger partial charge in [-0.25, -0.2) is 0 Å². The van der Waals surface area contributed by atoms with Crippen molar-refractivity contribution in [3.63, 3.8) is 0 Å². The third-order valence-corrected chi connectivity index (χ3v) is 4.43. The van der Waals surface area contributed by atoms with E-state index in [-0.39, 0.29) is 60.3 Å². The Kier molecular flexibility index (Phi) is 6.11. The molecule has 3 aromatic rings. The number of carbonyl (C=O) groups excluding carboxylic acids is 1. The maximum atomic E-state index is 13.8. The van der Waals surface area contributed by atoms with E-state index in [4.69, 9.17) is 13.8 Å². The minimum atomic E-state index is -4.74. The third kappa shape index (κ3) is 3.66. The Morgan fingerprint density at radius 1 is 1.23 bits per heavy atom. The van der Waals surface area contributed by atoms with E-state index < -0.39 is 23.2 Å². The molecule has 0 spiro atoms. The number of ether oxygens (including phenoxy) is 1. The number of aromatic nitrogens is 2. The predicted molar refractivity (Wildman–Crippen MR) is 95.4 cm³/mol. The zero-order valence-electron chi connectivity index (χ0n) is 15.5. The molecule has 0 fully saturated rings. The molecule has 0 atom stereocenters. The number of nitrogens with zero attached hydrogens (tertiary/aromatic N) is 2. The fraction of sp³-hybridized carbons (Fsp3) is 0.150. The molecule has 4 rings (SSSR count). The first-order valence-corrected chi connectivity index (χ1v) is 8.36. The van der Waals surface area contributed by atoms with E-state index in [1.165, 1.54) is 31.2 Å². The Balaban J connectivity index is 0.00000256. The predicted octanol–water partition coefficient (Wildman–Crippen LogP) is 4.95. The zero-order chi connectivity index (χ0) is 20.8. The molecule has 6 nitrogen and oxygen atoms in total. The van der Waals surface area contributed by atoms with Gasteiger partial charge >= 0.3 is 6.18 Å². The summed E-state index contributed by atoms with van der Waals surface area (Å²) in [6.07, 6.45) is -0.257. The molecule has 0 aliphatic carbocycles. The van der Waals surface area contributed by atoms with Gasteiger partial charge in [-0.15, -0.1) is 17.7 Å². The largest absolute Gasteiger partial charge is 0.501 e. The van der Waals surface area contributed by atoms with Crippen LogP contribution in [0.15, 0.2) is 46.0 Å². The van der Waals surface area contributed by atoms with E-state index in [1.807, 2.05) is 0 Å². The van der Waals surface area contributed by atoms with Crippen molar-refractivity contribution in [3.05, 3.63) is 59.4 Å². The van der Waals surface area contributed by atoms with Gasteiger partial charge in [0.25, 0.3) is 0 Å². The van der Waals surface area contributed by atoms with Gasteiger partial charge in [0, 0.05) is 36.7 Å². The molecule has 30 heavy (non-hydrogen) atoms. The average molecular weight is 639 g/mol. The van der Waals surface area contributed by atoms with Gasteiger partial charge in [0.2, 0.25) is 0 Å². The Hall–Kier alpha value is -2.57. The molecule has 3 heterocycles. The van der Waals surface area contributed by atoms with Crippen LogP contribution in [0.25, 0.3) is 28.3 Å². The van der Waals surface area contributed by atoms with Gasteiger partial charge in [-0.05, 0) is 12.5 Å². The summed E-state index contributed by atoms with van der Waals surface area (Å²) in [5.41, 5.74) is -0.412. The topological polar surface area (TPSA) is 78.4 Å². The quantitative estimate of drug-likeness (QED) is 0.297. The van der Waals surface area contributed by atoms with Crippen LogP contribution in [0, 0.1) is 31.1 Å². The number of halogens is 3. The number of fused-ring (bicyclic) bond motifs is 3. The average Bonchev–Trinajstić information content (AvgIpc) is 3.31. The van der Waals surface area contributed by atoms with Crippen LogP contribution in [0.4, 0.5) is 13.2 Å². The standard InChI is InChI=1S/C20H12F3N2O4.U/c1-3-4-10(2)18-15(20(21,22)23)17(25-28-18)16-13-9-27-14-7-11(8-26)5-6-12(14)19(13)29-24-16;/h3-7H,1,9H2,2H3;/q-1;/b10-4+;. The molecular weight excluding hydrogens is 627 g/mol. The molecule has 1 aliphatic heterocycles. The van der Waals surface area contributed by atoms with Gasteiger partial charge in [-0.2, -0.15) is 19.2 Å². The van der Waals surface area contributed by atoms with Crippen LogP contribution >= 0.6 is 0 Å². The summed E-state index contributed by atoms with van der Waals surface area (Å²) in [5.74, 6) is 0.171. The van der Waals surface area contributed by atoms with Crippen molar-refractivity contribution >= 4 is 11.9 Å². The Labute approximate surface area is 192 Å². The molecule has 0 N–H and O–H groups in total. The van der Waals surface area contributed by atoms with E-state index in [0.717, 1.165) is 0 Å². The van der Waals surface area contributed by atoms with Crippen LogP contribution in [0.3, 0.4) is 0 Å². The van der Waals surface area contributed by atoms with Crippen molar-refractivity contribution in [2.24, 2.45) is 0 Å². The first-order valence-electron chi connectivity index (χ1n) is 8.36.